The fourth-order valence-corrected chi connectivity index (χ4v) is 6.21. The van der Waals surface area contributed by atoms with Crippen molar-refractivity contribution in [3.05, 3.63) is 65.9 Å². The molecule has 0 aliphatic carbocycles. The molecule has 2 aromatic carbocycles. The molecule has 9 nitrogen and oxygen atoms in total. The lowest BCUT2D eigenvalue weighted by molar-refractivity contribution is 0.102. The molecule has 3 heterocycles. The number of hydrogen-bond acceptors (Lipinski definition) is 7. The van der Waals surface area contributed by atoms with Crippen LogP contribution in [0.25, 0.3) is 22.3 Å². The van der Waals surface area contributed by atoms with Gasteiger partial charge in [-0.25, -0.2) is 18.1 Å². The lowest BCUT2D eigenvalue weighted by Crippen LogP contribution is -2.15. The highest BCUT2D eigenvalue weighted by atomic mass is 32.2. The third-order valence-corrected chi connectivity index (χ3v) is 8.10. The molecule has 0 spiro atoms. The van der Waals surface area contributed by atoms with E-state index < -0.39 is 9.84 Å². The molecule has 1 N–H and O–H groups in total. The summed E-state index contributed by atoms with van der Waals surface area (Å²) in [6.45, 7) is 1.80. The molecule has 1 unspecified atom stereocenters. The molecule has 1 amide bonds. The zero-order chi connectivity index (χ0) is 25.4. The summed E-state index contributed by atoms with van der Waals surface area (Å²) in [4.78, 5) is 18.4. The summed E-state index contributed by atoms with van der Waals surface area (Å²) in [6, 6.07) is 15.9. The third kappa shape index (κ3) is 4.51. The van der Waals surface area contributed by atoms with Gasteiger partial charge in [0.15, 0.2) is 15.5 Å². The van der Waals surface area contributed by atoms with Crippen LogP contribution in [0.5, 0.6) is 11.5 Å². The smallest absolute Gasteiger partial charge is 0.256 e. The van der Waals surface area contributed by atoms with Crippen LogP contribution in [-0.4, -0.2) is 54.8 Å². The number of ether oxygens (including phenoxy) is 2. The summed E-state index contributed by atoms with van der Waals surface area (Å²) in [5.74, 6) is 1.13. The Labute approximate surface area is 209 Å². The molecule has 5 rings (SSSR count). The van der Waals surface area contributed by atoms with Gasteiger partial charge < -0.3 is 14.8 Å². The van der Waals surface area contributed by atoms with E-state index in [-0.39, 0.29) is 23.5 Å². The molecule has 186 valence electrons. The Bertz CT molecular complexity index is 1560. The van der Waals surface area contributed by atoms with E-state index in [1.807, 2.05) is 24.3 Å². The highest BCUT2D eigenvalue weighted by Crippen LogP contribution is 2.33. The van der Waals surface area contributed by atoms with E-state index in [4.69, 9.17) is 14.5 Å². The predicted octanol–water partition coefficient (Wildman–Crippen LogP) is 4.04. The van der Waals surface area contributed by atoms with Crippen molar-refractivity contribution in [3.8, 4) is 22.8 Å². The Kier molecular flexibility index (Phi) is 6.13. The van der Waals surface area contributed by atoms with Gasteiger partial charge in [0.25, 0.3) is 5.91 Å². The average Bonchev–Trinajstić information content (AvgIpc) is 3.42. The Morgan fingerprint density at radius 1 is 1.06 bits per heavy atom. The zero-order valence-corrected chi connectivity index (χ0v) is 21.0. The van der Waals surface area contributed by atoms with Gasteiger partial charge >= 0.3 is 0 Å². The number of carbonyl (C=O) groups excluding carboxylic acids is 1. The second-order valence-corrected chi connectivity index (χ2v) is 11.0. The third-order valence-electron chi connectivity index (χ3n) is 6.35. The predicted molar refractivity (Wildman–Crippen MR) is 138 cm³/mol. The highest BCUT2D eigenvalue weighted by Gasteiger charge is 2.32. The van der Waals surface area contributed by atoms with Gasteiger partial charge in [0, 0.05) is 11.3 Å². The van der Waals surface area contributed by atoms with Crippen molar-refractivity contribution < 1.29 is 22.7 Å². The molecule has 1 saturated heterocycles. The van der Waals surface area contributed by atoms with E-state index in [1.54, 1.807) is 56.2 Å². The summed E-state index contributed by atoms with van der Waals surface area (Å²) < 4.78 is 36.6. The molecule has 0 saturated carbocycles. The molecular formula is C26H26N4O5S. The van der Waals surface area contributed by atoms with Gasteiger partial charge in [0.1, 0.15) is 11.5 Å². The summed E-state index contributed by atoms with van der Waals surface area (Å²) in [7, 11) is 0.0246. The maximum Gasteiger partial charge on any atom is 0.256 e. The molecule has 0 radical (unpaired) electrons. The van der Waals surface area contributed by atoms with Crippen molar-refractivity contribution in [2.75, 3.05) is 31.0 Å². The van der Waals surface area contributed by atoms with Crippen LogP contribution in [0.1, 0.15) is 28.5 Å². The van der Waals surface area contributed by atoms with E-state index >= 15 is 0 Å². The van der Waals surface area contributed by atoms with Crippen molar-refractivity contribution in [3.63, 3.8) is 0 Å². The number of nitrogens with zero attached hydrogens (tertiary/aromatic N) is 3. The second kappa shape index (κ2) is 9.27. The largest absolute Gasteiger partial charge is 0.497 e. The Hall–Kier alpha value is -3.92. The number of sulfone groups is 1. The minimum atomic E-state index is -3.14. The van der Waals surface area contributed by atoms with Crippen molar-refractivity contribution in [1.29, 1.82) is 0 Å². The van der Waals surface area contributed by atoms with Crippen LogP contribution in [0.15, 0.2) is 54.6 Å². The normalized spacial score (nSPS) is 16.7. The van der Waals surface area contributed by atoms with E-state index in [0.717, 1.165) is 5.56 Å². The zero-order valence-electron chi connectivity index (χ0n) is 20.2. The lowest BCUT2D eigenvalue weighted by Gasteiger charge is -2.13. The van der Waals surface area contributed by atoms with Crippen molar-refractivity contribution in [2.24, 2.45) is 0 Å². The maximum atomic E-state index is 13.5. The van der Waals surface area contributed by atoms with Crippen molar-refractivity contribution >= 4 is 32.5 Å². The monoisotopic (exact) mass is 506 g/mol. The molecular weight excluding hydrogens is 480 g/mol. The molecule has 1 fully saturated rings. The highest BCUT2D eigenvalue weighted by molar-refractivity contribution is 7.91. The molecule has 4 aromatic rings. The molecule has 36 heavy (non-hydrogen) atoms. The topological polar surface area (TPSA) is 112 Å². The van der Waals surface area contributed by atoms with Gasteiger partial charge in [-0.05, 0) is 55.8 Å². The van der Waals surface area contributed by atoms with Crippen LogP contribution in [0.2, 0.25) is 0 Å². The van der Waals surface area contributed by atoms with E-state index in [1.165, 1.54) is 0 Å². The van der Waals surface area contributed by atoms with Crippen LogP contribution >= 0.6 is 0 Å². The number of aromatic nitrogens is 3. The van der Waals surface area contributed by atoms with Crippen molar-refractivity contribution in [2.45, 2.75) is 19.4 Å². The van der Waals surface area contributed by atoms with Gasteiger partial charge in [0.05, 0.1) is 54.1 Å². The Morgan fingerprint density at radius 3 is 2.47 bits per heavy atom. The molecule has 1 atom stereocenters. The fraction of sp³-hybridized carbons (Fsp3) is 0.269. The molecule has 1 aliphatic heterocycles. The van der Waals surface area contributed by atoms with Crippen molar-refractivity contribution in [1.82, 2.24) is 14.8 Å². The SMILES string of the molecule is COc1ccc(NC(=O)c2cc(-c3cccc(OC)c3)nc3c2c(C)nn3C2CCS(=O)(=O)C2)cc1. The Morgan fingerprint density at radius 2 is 1.81 bits per heavy atom. The number of rotatable bonds is 6. The molecule has 10 heteroatoms. The summed E-state index contributed by atoms with van der Waals surface area (Å²) in [5.41, 5.74) is 3.43. The summed E-state index contributed by atoms with van der Waals surface area (Å²) in [5, 5.41) is 8.18. The number of methoxy groups -OCH3 is 2. The lowest BCUT2D eigenvalue weighted by atomic mass is 10.0. The first-order chi connectivity index (χ1) is 17.3. The van der Waals surface area contributed by atoms with Crippen LogP contribution < -0.4 is 14.8 Å². The first-order valence-electron chi connectivity index (χ1n) is 11.5. The first kappa shape index (κ1) is 23.8. The van der Waals surface area contributed by atoms with E-state index in [2.05, 4.69) is 10.4 Å². The Balaban J connectivity index is 1.65. The molecule has 1 aliphatic rings. The number of aryl methyl sites for hydroxylation is 1. The van der Waals surface area contributed by atoms with Gasteiger partial charge in [0.2, 0.25) is 0 Å². The summed E-state index contributed by atoms with van der Waals surface area (Å²) >= 11 is 0. The number of benzene rings is 2. The van der Waals surface area contributed by atoms with Crippen LogP contribution in [0.3, 0.4) is 0 Å². The fourth-order valence-electron chi connectivity index (χ4n) is 4.52. The quantitative estimate of drug-likeness (QED) is 0.420. The van der Waals surface area contributed by atoms with E-state index in [9.17, 15) is 13.2 Å². The molecule has 2 aromatic heterocycles. The van der Waals surface area contributed by atoms with Crippen LogP contribution in [-0.2, 0) is 9.84 Å². The number of anilines is 1. The van der Waals surface area contributed by atoms with E-state index in [0.29, 0.717) is 51.6 Å². The molecule has 0 bridgehead atoms. The standard InChI is InChI=1S/C26H26N4O5S/c1-16-24-22(26(31)27-18-7-9-20(34-2)10-8-18)14-23(17-5-4-6-21(13-17)35-3)28-25(24)30(29-16)19-11-12-36(32,33)15-19/h4-10,13-14,19H,11-12,15H2,1-3H3,(H,27,31). The minimum Gasteiger partial charge on any atom is -0.497 e. The van der Waals surface area contributed by atoms with Gasteiger partial charge in [-0.1, -0.05) is 12.1 Å². The number of hydrogen-bond donors (Lipinski definition) is 1. The average molecular weight is 507 g/mol. The summed E-state index contributed by atoms with van der Waals surface area (Å²) in [6.07, 6.45) is 0.455. The van der Waals surface area contributed by atoms with Crippen LogP contribution in [0, 0.1) is 6.92 Å². The van der Waals surface area contributed by atoms with Gasteiger partial charge in [-0.3, -0.25) is 4.79 Å². The second-order valence-electron chi connectivity index (χ2n) is 8.76. The first-order valence-corrected chi connectivity index (χ1v) is 13.3. The minimum absolute atomic E-state index is 0.00165. The number of amides is 1. The van der Waals surface area contributed by atoms with Gasteiger partial charge in [-0.2, -0.15) is 5.10 Å². The number of fused-ring (bicyclic) bond motifs is 1. The van der Waals surface area contributed by atoms with Crippen LogP contribution in [0.4, 0.5) is 5.69 Å². The maximum absolute atomic E-state index is 13.5. The number of carbonyl (C=O) groups is 1. The number of nitrogens with one attached hydrogen (secondary N) is 1. The van der Waals surface area contributed by atoms with Gasteiger partial charge in [-0.15, -0.1) is 0 Å². The number of pyridine rings is 1.